The van der Waals surface area contributed by atoms with Crippen molar-refractivity contribution in [1.82, 2.24) is 4.90 Å². The van der Waals surface area contributed by atoms with Crippen LogP contribution in [0, 0.1) is 0 Å². The smallest absolute Gasteiger partial charge is 0.410 e. The second-order valence-corrected chi connectivity index (χ2v) is 9.00. The minimum atomic E-state index is -3.47. The molecule has 1 aromatic rings. The van der Waals surface area contributed by atoms with Gasteiger partial charge in [-0.1, -0.05) is 11.6 Å². The lowest BCUT2D eigenvalue weighted by Gasteiger charge is -2.24. The van der Waals surface area contributed by atoms with Crippen LogP contribution in [0.5, 0.6) is 0 Å². The van der Waals surface area contributed by atoms with Gasteiger partial charge in [-0.3, -0.25) is 0 Å². The number of hydrogen-bond acceptors (Lipinski definition) is 4. The Morgan fingerprint density at radius 2 is 1.86 bits per heavy atom. The summed E-state index contributed by atoms with van der Waals surface area (Å²) in [5.74, 6) is 0. The van der Waals surface area contributed by atoms with E-state index in [1.54, 1.807) is 32.9 Å². The molecule has 1 saturated heterocycles. The Morgan fingerprint density at radius 1 is 1.27 bits per heavy atom. The Hall–Kier alpha value is -1.27. The van der Waals surface area contributed by atoms with Crippen LogP contribution in [0.3, 0.4) is 0 Å². The standard InChI is InChI=1S/C15H20ClNO4S/c1-15(2,3)21-14(18)17-9-8-13(10-17)22(19,20)12-6-4-11(16)5-7-12/h4-7,13H,8-10H2,1-3H3. The summed E-state index contributed by atoms with van der Waals surface area (Å²) in [7, 11) is -3.47. The highest BCUT2D eigenvalue weighted by Gasteiger charge is 2.37. The molecule has 1 fully saturated rings. The fourth-order valence-corrected chi connectivity index (χ4v) is 4.11. The second kappa shape index (κ2) is 6.08. The molecule has 1 atom stereocenters. The van der Waals surface area contributed by atoms with Crippen molar-refractivity contribution in [3.63, 3.8) is 0 Å². The number of hydrogen-bond donors (Lipinski definition) is 0. The largest absolute Gasteiger partial charge is 0.444 e. The molecule has 122 valence electrons. The fraction of sp³-hybridized carbons (Fsp3) is 0.533. The summed E-state index contributed by atoms with van der Waals surface area (Å²) in [5, 5.41) is -0.123. The van der Waals surface area contributed by atoms with Crippen LogP contribution in [0.4, 0.5) is 4.79 Å². The third-order valence-electron chi connectivity index (χ3n) is 3.38. The molecule has 1 aliphatic rings. The number of carbonyl (C=O) groups excluding carboxylic acids is 1. The number of sulfone groups is 1. The van der Waals surface area contributed by atoms with Crippen molar-refractivity contribution in [2.24, 2.45) is 0 Å². The van der Waals surface area contributed by atoms with E-state index in [9.17, 15) is 13.2 Å². The molecule has 7 heteroatoms. The molecule has 1 aliphatic heterocycles. The van der Waals surface area contributed by atoms with Gasteiger partial charge >= 0.3 is 6.09 Å². The molecule has 1 heterocycles. The van der Waals surface area contributed by atoms with Crippen molar-refractivity contribution in [1.29, 1.82) is 0 Å². The van der Waals surface area contributed by atoms with Crippen LogP contribution in [0.2, 0.25) is 5.02 Å². The van der Waals surface area contributed by atoms with E-state index in [1.807, 2.05) is 0 Å². The van der Waals surface area contributed by atoms with Crippen molar-refractivity contribution in [3.8, 4) is 0 Å². The SMILES string of the molecule is CC(C)(C)OC(=O)N1CCC(S(=O)(=O)c2ccc(Cl)cc2)C1. The normalized spacial score (nSPS) is 19.3. The number of nitrogens with zero attached hydrogens (tertiary/aromatic N) is 1. The highest BCUT2D eigenvalue weighted by molar-refractivity contribution is 7.92. The minimum absolute atomic E-state index is 0.153. The highest BCUT2D eigenvalue weighted by Crippen LogP contribution is 2.26. The van der Waals surface area contributed by atoms with Gasteiger partial charge in [-0.15, -0.1) is 0 Å². The Kier molecular flexibility index (Phi) is 4.73. The van der Waals surface area contributed by atoms with Gasteiger partial charge in [0.2, 0.25) is 0 Å². The molecule has 5 nitrogen and oxygen atoms in total. The van der Waals surface area contributed by atoms with Gasteiger partial charge in [-0.2, -0.15) is 0 Å². The van der Waals surface area contributed by atoms with E-state index in [1.165, 1.54) is 17.0 Å². The highest BCUT2D eigenvalue weighted by atomic mass is 35.5. The minimum Gasteiger partial charge on any atom is -0.444 e. The number of likely N-dealkylation sites (tertiary alicyclic amines) is 1. The third kappa shape index (κ3) is 3.93. The Labute approximate surface area is 136 Å². The first-order valence-corrected chi connectivity index (χ1v) is 8.99. The Balaban J connectivity index is 2.09. The van der Waals surface area contributed by atoms with Gasteiger partial charge in [0.25, 0.3) is 0 Å². The molecule has 2 rings (SSSR count). The molecule has 0 spiro atoms. The van der Waals surface area contributed by atoms with Gasteiger partial charge in [0.05, 0.1) is 10.1 Å². The van der Waals surface area contributed by atoms with E-state index >= 15 is 0 Å². The van der Waals surface area contributed by atoms with Gasteiger partial charge in [0.15, 0.2) is 9.84 Å². The maximum Gasteiger partial charge on any atom is 0.410 e. The Morgan fingerprint density at radius 3 is 2.41 bits per heavy atom. The number of amides is 1. The molecule has 0 radical (unpaired) electrons. The molecule has 0 aromatic heterocycles. The zero-order chi connectivity index (χ0) is 16.5. The predicted octanol–water partition coefficient (Wildman–Crippen LogP) is 3.12. The molecule has 1 amide bonds. The van der Waals surface area contributed by atoms with E-state index < -0.39 is 26.8 Å². The monoisotopic (exact) mass is 345 g/mol. The van der Waals surface area contributed by atoms with Crippen LogP contribution < -0.4 is 0 Å². The second-order valence-electron chi connectivity index (χ2n) is 6.34. The molecule has 0 aliphatic carbocycles. The summed E-state index contributed by atoms with van der Waals surface area (Å²) >= 11 is 5.78. The van der Waals surface area contributed by atoms with Crippen LogP contribution in [-0.2, 0) is 14.6 Å². The van der Waals surface area contributed by atoms with Gasteiger partial charge in [-0.25, -0.2) is 13.2 Å². The average Bonchev–Trinajstić information content (AvgIpc) is 2.87. The summed E-state index contributed by atoms with van der Waals surface area (Å²) in [6.07, 6.45) is -0.0641. The maximum atomic E-state index is 12.6. The molecule has 1 aromatic carbocycles. The number of carbonyl (C=O) groups is 1. The summed E-state index contributed by atoms with van der Waals surface area (Å²) in [6.45, 7) is 5.88. The summed E-state index contributed by atoms with van der Waals surface area (Å²) < 4.78 is 30.4. The molecule has 22 heavy (non-hydrogen) atoms. The van der Waals surface area contributed by atoms with Gasteiger partial charge in [0, 0.05) is 18.1 Å². The fourth-order valence-electron chi connectivity index (χ4n) is 2.29. The maximum absolute atomic E-state index is 12.6. The first kappa shape index (κ1) is 17.1. The molecule has 0 saturated carbocycles. The Bertz CT molecular complexity index is 649. The van der Waals surface area contributed by atoms with Gasteiger partial charge in [-0.05, 0) is 51.5 Å². The van der Waals surface area contributed by atoms with Crippen LogP contribution >= 0.6 is 11.6 Å². The zero-order valence-electron chi connectivity index (χ0n) is 12.9. The lowest BCUT2D eigenvalue weighted by Crippen LogP contribution is -2.36. The number of benzene rings is 1. The summed E-state index contributed by atoms with van der Waals surface area (Å²) in [6, 6.07) is 6.09. The molecule has 0 N–H and O–H groups in total. The van der Waals surface area contributed by atoms with Crippen LogP contribution in [0.15, 0.2) is 29.2 Å². The predicted molar refractivity (Wildman–Crippen MR) is 84.8 cm³/mol. The average molecular weight is 346 g/mol. The quantitative estimate of drug-likeness (QED) is 0.826. The first-order chi connectivity index (χ1) is 10.1. The van der Waals surface area contributed by atoms with Crippen molar-refractivity contribution in [2.75, 3.05) is 13.1 Å². The zero-order valence-corrected chi connectivity index (χ0v) is 14.4. The molecule has 0 bridgehead atoms. The van der Waals surface area contributed by atoms with Crippen LogP contribution in [0.1, 0.15) is 27.2 Å². The lowest BCUT2D eigenvalue weighted by molar-refractivity contribution is 0.0295. The number of halogens is 1. The van der Waals surface area contributed by atoms with Gasteiger partial charge in [0.1, 0.15) is 5.60 Å². The number of ether oxygens (including phenoxy) is 1. The van der Waals surface area contributed by atoms with E-state index in [2.05, 4.69) is 0 Å². The van der Waals surface area contributed by atoms with Crippen LogP contribution in [-0.4, -0.2) is 43.4 Å². The van der Waals surface area contributed by atoms with E-state index in [-0.39, 0.29) is 11.4 Å². The summed E-state index contributed by atoms with van der Waals surface area (Å²) in [4.78, 5) is 13.7. The van der Waals surface area contributed by atoms with Crippen molar-refractivity contribution in [2.45, 2.75) is 42.9 Å². The first-order valence-electron chi connectivity index (χ1n) is 7.07. The van der Waals surface area contributed by atoms with E-state index in [0.29, 0.717) is 18.0 Å². The summed E-state index contributed by atoms with van der Waals surface area (Å²) in [5.41, 5.74) is -0.593. The third-order valence-corrected chi connectivity index (χ3v) is 5.82. The van der Waals surface area contributed by atoms with E-state index in [0.717, 1.165) is 0 Å². The number of rotatable bonds is 2. The lowest BCUT2D eigenvalue weighted by atomic mass is 10.2. The molecular formula is C15H20ClNO4S. The topological polar surface area (TPSA) is 63.7 Å². The van der Waals surface area contributed by atoms with Crippen molar-refractivity contribution >= 4 is 27.5 Å². The van der Waals surface area contributed by atoms with Crippen molar-refractivity contribution < 1.29 is 17.9 Å². The molecular weight excluding hydrogens is 326 g/mol. The van der Waals surface area contributed by atoms with E-state index in [4.69, 9.17) is 16.3 Å². The molecule has 1 unspecified atom stereocenters. The van der Waals surface area contributed by atoms with Crippen molar-refractivity contribution in [3.05, 3.63) is 29.3 Å². The van der Waals surface area contributed by atoms with Crippen LogP contribution in [0.25, 0.3) is 0 Å². The van der Waals surface area contributed by atoms with Gasteiger partial charge < -0.3 is 9.64 Å².